The van der Waals surface area contributed by atoms with Crippen LogP contribution in [0.4, 0.5) is 0 Å². The number of aromatic nitrogens is 2. The van der Waals surface area contributed by atoms with Gasteiger partial charge in [0.25, 0.3) is 5.56 Å². The summed E-state index contributed by atoms with van der Waals surface area (Å²) in [5, 5.41) is 4.65. The van der Waals surface area contributed by atoms with E-state index in [9.17, 15) is 9.59 Å². The van der Waals surface area contributed by atoms with Gasteiger partial charge in [0, 0.05) is 18.0 Å². The Bertz CT molecular complexity index is 949. The van der Waals surface area contributed by atoms with Crippen LogP contribution in [0.3, 0.4) is 0 Å². The molecule has 1 saturated carbocycles. The van der Waals surface area contributed by atoms with Gasteiger partial charge < -0.3 is 5.32 Å². The molecule has 152 valence electrons. The fourth-order valence-electron chi connectivity index (χ4n) is 4.56. The van der Waals surface area contributed by atoms with Gasteiger partial charge in [0.05, 0.1) is 11.1 Å². The van der Waals surface area contributed by atoms with Gasteiger partial charge in [-0.15, -0.1) is 11.3 Å². The zero-order chi connectivity index (χ0) is 19.8. The molecule has 7 heteroatoms. The Kier molecular flexibility index (Phi) is 5.83. The van der Waals surface area contributed by atoms with Crippen molar-refractivity contribution >= 4 is 39.2 Å². The van der Waals surface area contributed by atoms with Crippen LogP contribution in [0.2, 0.25) is 0 Å². The molecule has 2 aliphatic rings. The van der Waals surface area contributed by atoms with Crippen molar-refractivity contribution in [2.75, 3.05) is 5.75 Å². The molecule has 2 aromatic rings. The van der Waals surface area contributed by atoms with Crippen LogP contribution < -0.4 is 10.9 Å². The second-order valence-corrected chi connectivity index (χ2v) is 10.4. The maximum absolute atomic E-state index is 12.9. The van der Waals surface area contributed by atoms with Gasteiger partial charge >= 0.3 is 0 Å². The van der Waals surface area contributed by atoms with E-state index >= 15 is 0 Å². The smallest absolute Gasteiger partial charge is 0.262 e. The third kappa shape index (κ3) is 3.75. The van der Waals surface area contributed by atoms with Crippen molar-refractivity contribution in [2.24, 2.45) is 18.9 Å². The molecule has 1 fully saturated rings. The van der Waals surface area contributed by atoms with Gasteiger partial charge in [-0.3, -0.25) is 14.2 Å². The molecule has 3 atom stereocenters. The molecule has 2 aromatic heterocycles. The van der Waals surface area contributed by atoms with Gasteiger partial charge in [-0.05, 0) is 49.5 Å². The number of fused-ring (bicyclic) bond motifs is 3. The topological polar surface area (TPSA) is 64.0 Å². The summed E-state index contributed by atoms with van der Waals surface area (Å²) in [4.78, 5) is 32.4. The Hall–Kier alpha value is -1.34. The number of rotatable bonds is 4. The Morgan fingerprint density at radius 3 is 2.86 bits per heavy atom. The van der Waals surface area contributed by atoms with Crippen molar-refractivity contribution < 1.29 is 4.79 Å². The van der Waals surface area contributed by atoms with Gasteiger partial charge in [-0.2, -0.15) is 0 Å². The van der Waals surface area contributed by atoms with Crippen molar-refractivity contribution in [2.45, 2.75) is 70.0 Å². The highest BCUT2D eigenvalue weighted by molar-refractivity contribution is 7.99. The van der Waals surface area contributed by atoms with E-state index in [2.05, 4.69) is 19.2 Å². The van der Waals surface area contributed by atoms with Crippen LogP contribution >= 0.6 is 23.1 Å². The second-order valence-electron chi connectivity index (χ2n) is 8.38. The van der Waals surface area contributed by atoms with Gasteiger partial charge in [-0.1, -0.05) is 38.5 Å². The number of amides is 1. The maximum atomic E-state index is 12.9. The van der Waals surface area contributed by atoms with Gasteiger partial charge in [0.15, 0.2) is 5.16 Å². The molecule has 3 unspecified atom stereocenters. The molecular weight excluding hydrogens is 390 g/mol. The van der Waals surface area contributed by atoms with Gasteiger partial charge in [-0.25, -0.2) is 4.98 Å². The third-order valence-electron chi connectivity index (χ3n) is 6.54. The summed E-state index contributed by atoms with van der Waals surface area (Å²) in [6.07, 6.45) is 7.88. The average Bonchev–Trinajstić information content (AvgIpc) is 3.05. The number of carbonyl (C=O) groups is 1. The SMILES string of the molecule is CC1CCCC(NC(=O)CSc2nc3sc4c(c3c(=O)n2C)CCCC4)C1C. The first-order valence-electron chi connectivity index (χ1n) is 10.4. The number of thioether (sulfide) groups is 1. The largest absolute Gasteiger partial charge is 0.352 e. The number of aryl methyl sites for hydroxylation is 2. The molecule has 5 nitrogen and oxygen atoms in total. The zero-order valence-electron chi connectivity index (χ0n) is 16.9. The van der Waals surface area contributed by atoms with E-state index in [0.717, 1.165) is 35.9 Å². The molecule has 0 saturated heterocycles. The number of nitrogens with one attached hydrogen (secondary N) is 1. The number of nitrogens with zero attached hydrogens (tertiary/aromatic N) is 2. The van der Waals surface area contributed by atoms with E-state index in [0.29, 0.717) is 22.7 Å². The van der Waals surface area contributed by atoms with E-state index in [1.807, 2.05) is 0 Å². The van der Waals surface area contributed by atoms with Crippen LogP contribution in [-0.2, 0) is 24.7 Å². The summed E-state index contributed by atoms with van der Waals surface area (Å²) < 4.78 is 1.62. The van der Waals surface area contributed by atoms with Gasteiger partial charge in [0.1, 0.15) is 4.83 Å². The van der Waals surface area contributed by atoms with E-state index in [-0.39, 0.29) is 17.5 Å². The Labute approximate surface area is 174 Å². The molecule has 2 heterocycles. The number of hydrogen-bond acceptors (Lipinski definition) is 5. The van der Waals surface area contributed by atoms with Crippen molar-refractivity contribution in [1.82, 2.24) is 14.9 Å². The highest BCUT2D eigenvalue weighted by Gasteiger charge is 2.28. The first-order valence-corrected chi connectivity index (χ1v) is 12.2. The molecule has 1 N–H and O–H groups in total. The fraction of sp³-hybridized carbons (Fsp3) is 0.667. The predicted octanol–water partition coefficient (Wildman–Crippen LogP) is 3.91. The number of carbonyl (C=O) groups excluding carboxylic acids is 1. The van der Waals surface area contributed by atoms with Crippen LogP contribution in [0, 0.1) is 11.8 Å². The highest BCUT2D eigenvalue weighted by atomic mass is 32.2. The molecular formula is C21H29N3O2S2. The van der Waals surface area contributed by atoms with E-state index in [4.69, 9.17) is 4.98 Å². The lowest BCUT2D eigenvalue weighted by Gasteiger charge is -2.34. The van der Waals surface area contributed by atoms with Crippen molar-refractivity contribution in [1.29, 1.82) is 0 Å². The average molecular weight is 420 g/mol. The molecule has 4 rings (SSSR count). The lowest BCUT2D eigenvalue weighted by atomic mass is 9.78. The van der Waals surface area contributed by atoms with E-state index in [1.54, 1.807) is 23.0 Å². The Balaban J connectivity index is 1.48. The Morgan fingerprint density at radius 1 is 1.25 bits per heavy atom. The number of thiophene rings is 1. The van der Waals surface area contributed by atoms with Crippen molar-refractivity contribution in [3.8, 4) is 0 Å². The number of hydrogen-bond donors (Lipinski definition) is 1. The molecule has 0 bridgehead atoms. The predicted molar refractivity (Wildman–Crippen MR) is 116 cm³/mol. The molecule has 2 aliphatic carbocycles. The maximum Gasteiger partial charge on any atom is 0.262 e. The molecule has 0 aliphatic heterocycles. The highest BCUT2D eigenvalue weighted by Crippen LogP contribution is 2.34. The van der Waals surface area contributed by atoms with Crippen LogP contribution in [0.15, 0.2) is 9.95 Å². The summed E-state index contributed by atoms with van der Waals surface area (Å²) in [5.74, 6) is 1.50. The van der Waals surface area contributed by atoms with Crippen LogP contribution in [0.25, 0.3) is 10.2 Å². The zero-order valence-corrected chi connectivity index (χ0v) is 18.5. The molecule has 0 radical (unpaired) electrons. The van der Waals surface area contributed by atoms with E-state index < -0.39 is 0 Å². The molecule has 28 heavy (non-hydrogen) atoms. The minimum atomic E-state index is 0.0297. The molecule has 0 aromatic carbocycles. The standard InChI is InChI=1S/C21H29N3O2S2/c1-12-7-6-9-15(13(12)2)22-17(25)11-27-21-23-19-18(20(26)24(21)3)14-8-4-5-10-16(14)28-19/h12-13,15H,4-11H2,1-3H3,(H,22,25). The quantitative estimate of drug-likeness (QED) is 0.603. The first-order chi connectivity index (χ1) is 13.5. The third-order valence-corrected chi connectivity index (χ3v) is 8.76. The minimum absolute atomic E-state index is 0.0297. The fourth-order valence-corrected chi connectivity index (χ4v) is 6.65. The van der Waals surface area contributed by atoms with Crippen LogP contribution in [-0.4, -0.2) is 27.3 Å². The lowest BCUT2D eigenvalue weighted by molar-refractivity contribution is -0.120. The summed E-state index contributed by atoms with van der Waals surface area (Å²) >= 11 is 3.03. The van der Waals surface area contributed by atoms with Gasteiger partial charge in [0.2, 0.25) is 5.91 Å². The lowest BCUT2D eigenvalue weighted by Crippen LogP contribution is -2.44. The van der Waals surface area contributed by atoms with E-state index in [1.165, 1.54) is 41.5 Å². The second kappa shape index (κ2) is 8.19. The van der Waals surface area contributed by atoms with Crippen LogP contribution in [0.5, 0.6) is 0 Å². The first kappa shape index (κ1) is 20.0. The van der Waals surface area contributed by atoms with Crippen molar-refractivity contribution in [3.05, 3.63) is 20.8 Å². The molecule has 0 spiro atoms. The summed E-state index contributed by atoms with van der Waals surface area (Å²) in [6, 6.07) is 0.264. The molecule has 1 amide bonds. The minimum Gasteiger partial charge on any atom is -0.352 e. The normalized spacial score (nSPS) is 24.9. The Morgan fingerprint density at radius 2 is 2.04 bits per heavy atom. The summed E-state index contributed by atoms with van der Waals surface area (Å²) in [5.41, 5.74) is 1.25. The van der Waals surface area contributed by atoms with Crippen LogP contribution in [0.1, 0.15) is 56.4 Å². The summed E-state index contributed by atoms with van der Waals surface area (Å²) in [7, 11) is 1.77. The summed E-state index contributed by atoms with van der Waals surface area (Å²) in [6.45, 7) is 4.51. The van der Waals surface area contributed by atoms with Crippen molar-refractivity contribution in [3.63, 3.8) is 0 Å². The monoisotopic (exact) mass is 419 g/mol.